The first kappa shape index (κ1) is 16.1. The van der Waals surface area contributed by atoms with E-state index in [1.807, 2.05) is 19.9 Å². The van der Waals surface area contributed by atoms with E-state index in [0.29, 0.717) is 31.7 Å². The Kier molecular flexibility index (Phi) is 6.70. The SMILES string of the molecule is CCc1cc(OCCC=O)nc(C)c1CCCC(=O)O. The number of carbonyl (C=O) groups is 2. The van der Waals surface area contributed by atoms with Crippen LogP contribution in [0.15, 0.2) is 6.07 Å². The van der Waals surface area contributed by atoms with Gasteiger partial charge in [0.05, 0.1) is 6.61 Å². The van der Waals surface area contributed by atoms with Crippen LogP contribution in [-0.2, 0) is 22.4 Å². The van der Waals surface area contributed by atoms with Crippen LogP contribution in [0.2, 0.25) is 0 Å². The summed E-state index contributed by atoms with van der Waals surface area (Å²) in [5.41, 5.74) is 3.11. The molecule has 110 valence electrons. The average molecular weight is 279 g/mol. The van der Waals surface area contributed by atoms with Gasteiger partial charge in [0.1, 0.15) is 6.29 Å². The number of hydrogen-bond donors (Lipinski definition) is 1. The molecule has 0 aliphatic heterocycles. The molecule has 0 spiro atoms. The number of aliphatic carboxylic acids is 1. The predicted molar refractivity (Wildman–Crippen MR) is 75.1 cm³/mol. The van der Waals surface area contributed by atoms with Crippen LogP contribution in [0, 0.1) is 6.92 Å². The van der Waals surface area contributed by atoms with E-state index in [0.717, 1.165) is 29.5 Å². The summed E-state index contributed by atoms with van der Waals surface area (Å²) in [7, 11) is 0. The fourth-order valence-corrected chi connectivity index (χ4v) is 2.09. The molecule has 0 saturated carbocycles. The van der Waals surface area contributed by atoms with E-state index in [1.54, 1.807) is 0 Å². The maximum absolute atomic E-state index is 10.6. The van der Waals surface area contributed by atoms with E-state index >= 15 is 0 Å². The van der Waals surface area contributed by atoms with Crippen molar-refractivity contribution in [2.75, 3.05) is 6.61 Å². The summed E-state index contributed by atoms with van der Waals surface area (Å²) >= 11 is 0. The molecule has 20 heavy (non-hydrogen) atoms. The molecule has 0 fully saturated rings. The summed E-state index contributed by atoms with van der Waals surface area (Å²) in [6.07, 6.45) is 3.49. The Balaban J connectivity index is 2.78. The van der Waals surface area contributed by atoms with Crippen LogP contribution >= 0.6 is 0 Å². The maximum Gasteiger partial charge on any atom is 0.303 e. The number of hydrogen-bond acceptors (Lipinski definition) is 4. The van der Waals surface area contributed by atoms with Crippen LogP contribution in [-0.4, -0.2) is 29.0 Å². The molecule has 1 N–H and O–H groups in total. The highest BCUT2D eigenvalue weighted by atomic mass is 16.5. The van der Waals surface area contributed by atoms with Gasteiger partial charge in [-0.2, -0.15) is 0 Å². The van der Waals surface area contributed by atoms with E-state index in [4.69, 9.17) is 9.84 Å². The Hall–Kier alpha value is -1.91. The first-order chi connectivity index (χ1) is 9.58. The highest BCUT2D eigenvalue weighted by Crippen LogP contribution is 2.21. The number of carbonyl (C=O) groups excluding carboxylic acids is 1. The van der Waals surface area contributed by atoms with Gasteiger partial charge in [0.2, 0.25) is 5.88 Å². The molecule has 5 heteroatoms. The summed E-state index contributed by atoms with van der Waals surface area (Å²) in [4.78, 5) is 25.2. The van der Waals surface area contributed by atoms with Gasteiger partial charge >= 0.3 is 5.97 Å². The van der Waals surface area contributed by atoms with Gasteiger partial charge in [-0.15, -0.1) is 0 Å². The van der Waals surface area contributed by atoms with Gasteiger partial charge < -0.3 is 14.6 Å². The summed E-state index contributed by atoms with van der Waals surface area (Å²) in [5.74, 6) is -0.245. The Morgan fingerprint density at radius 3 is 2.85 bits per heavy atom. The smallest absolute Gasteiger partial charge is 0.303 e. The lowest BCUT2D eigenvalue weighted by molar-refractivity contribution is -0.137. The van der Waals surface area contributed by atoms with Crippen molar-refractivity contribution in [2.45, 2.75) is 46.0 Å². The Morgan fingerprint density at radius 1 is 1.50 bits per heavy atom. The van der Waals surface area contributed by atoms with Crippen molar-refractivity contribution in [3.05, 3.63) is 22.9 Å². The van der Waals surface area contributed by atoms with Crippen molar-refractivity contribution in [3.63, 3.8) is 0 Å². The zero-order chi connectivity index (χ0) is 15.0. The minimum absolute atomic E-state index is 0.167. The first-order valence-electron chi connectivity index (χ1n) is 6.86. The van der Waals surface area contributed by atoms with Crippen LogP contribution in [0.3, 0.4) is 0 Å². The maximum atomic E-state index is 10.6. The minimum Gasteiger partial charge on any atom is -0.481 e. The number of aryl methyl sites for hydroxylation is 2. The third-order valence-electron chi connectivity index (χ3n) is 3.08. The van der Waals surface area contributed by atoms with Gasteiger partial charge in [0.25, 0.3) is 0 Å². The molecule has 1 rings (SSSR count). The van der Waals surface area contributed by atoms with Crippen molar-refractivity contribution < 1.29 is 19.4 Å². The lowest BCUT2D eigenvalue weighted by Crippen LogP contribution is -2.06. The second-order valence-corrected chi connectivity index (χ2v) is 4.59. The Labute approximate surface area is 119 Å². The normalized spacial score (nSPS) is 10.3. The molecule has 0 aromatic carbocycles. The van der Waals surface area contributed by atoms with E-state index in [1.165, 1.54) is 0 Å². The van der Waals surface area contributed by atoms with E-state index in [-0.39, 0.29) is 6.42 Å². The van der Waals surface area contributed by atoms with Gasteiger partial charge in [-0.05, 0) is 37.3 Å². The summed E-state index contributed by atoms with van der Waals surface area (Å²) in [5, 5.41) is 8.69. The minimum atomic E-state index is -0.775. The zero-order valence-corrected chi connectivity index (χ0v) is 12.0. The molecular weight excluding hydrogens is 258 g/mol. The van der Waals surface area contributed by atoms with E-state index < -0.39 is 5.97 Å². The van der Waals surface area contributed by atoms with Crippen LogP contribution in [0.1, 0.15) is 43.0 Å². The summed E-state index contributed by atoms with van der Waals surface area (Å²) < 4.78 is 5.43. The largest absolute Gasteiger partial charge is 0.481 e. The molecule has 0 amide bonds. The van der Waals surface area contributed by atoms with Crippen LogP contribution in [0.25, 0.3) is 0 Å². The van der Waals surface area contributed by atoms with Crippen molar-refractivity contribution in [1.82, 2.24) is 4.98 Å². The molecule has 0 radical (unpaired) electrons. The molecule has 1 heterocycles. The molecule has 0 aliphatic carbocycles. The molecule has 1 aromatic heterocycles. The average Bonchev–Trinajstić information content (AvgIpc) is 2.40. The molecule has 0 bridgehead atoms. The zero-order valence-electron chi connectivity index (χ0n) is 12.0. The standard InChI is InChI=1S/C15H21NO4/c1-3-12-10-14(20-9-5-8-17)16-11(2)13(12)6-4-7-15(18)19/h8,10H,3-7,9H2,1-2H3,(H,18,19). The van der Waals surface area contributed by atoms with Crippen LogP contribution in [0.5, 0.6) is 5.88 Å². The van der Waals surface area contributed by atoms with Gasteiger partial charge in [-0.3, -0.25) is 4.79 Å². The lowest BCUT2D eigenvalue weighted by atomic mass is 9.99. The number of rotatable bonds is 9. The topological polar surface area (TPSA) is 76.5 Å². The van der Waals surface area contributed by atoms with Crippen molar-refractivity contribution >= 4 is 12.3 Å². The molecule has 5 nitrogen and oxygen atoms in total. The highest BCUT2D eigenvalue weighted by Gasteiger charge is 2.10. The fourth-order valence-electron chi connectivity index (χ4n) is 2.09. The lowest BCUT2D eigenvalue weighted by Gasteiger charge is -2.13. The van der Waals surface area contributed by atoms with Crippen LogP contribution < -0.4 is 4.74 Å². The molecular formula is C15H21NO4. The molecule has 0 unspecified atom stereocenters. The molecule has 0 atom stereocenters. The molecule has 1 aromatic rings. The van der Waals surface area contributed by atoms with Crippen molar-refractivity contribution in [3.8, 4) is 5.88 Å². The number of ether oxygens (including phenoxy) is 1. The third kappa shape index (κ3) is 4.99. The van der Waals surface area contributed by atoms with Crippen molar-refractivity contribution in [2.24, 2.45) is 0 Å². The highest BCUT2D eigenvalue weighted by molar-refractivity contribution is 5.66. The van der Waals surface area contributed by atoms with Gasteiger partial charge in [0.15, 0.2) is 0 Å². The summed E-state index contributed by atoms with van der Waals surface area (Å²) in [6, 6.07) is 1.88. The van der Waals surface area contributed by atoms with Crippen LogP contribution in [0.4, 0.5) is 0 Å². The van der Waals surface area contributed by atoms with Gasteiger partial charge in [-0.25, -0.2) is 4.98 Å². The molecule has 0 saturated heterocycles. The monoisotopic (exact) mass is 279 g/mol. The third-order valence-corrected chi connectivity index (χ3v) is 3.08. The van der Waals surface area contributed by atoms with Gasteiger partial charge in [-0.1, -0.05) is 6.92 Å². The number of aromatic nitrogens is 1. The quantitative estimate of drug-likeness (QED) is 0.554. The number of aldehydes is 1. The molecule has 0 aliphatic rings. The number of pyridine rings is 1. The second kappa shape index (κ2) is 8.30. The van der Waals surface area contributed by atoms with E-state index in [9.17, 15) is 9.59 Å². The summed E-state index contributed by atoms with van der Waals surface area (Å²) in [6.45, 7) is 4.28. The number of nitrogens with zero attached hydrogens (tertiary/aromatic N) is 1. The van der Waals surface area contributed by atoms with Crippen molar-refractivity contribution in [1.29, 1.82) is 0 Å². The van der Waals surface area contributed by atoms with E-state index in [2.05, 4.69) is 4.98 Å². The number of carboxylic acid groups (broad SMARTS) is 1. The Bertz CT molecular complexity index is 471. The number of carboxylic acids is 1. The van der Waals surface area contributed by atoms with Gasteiger partial charge in [0, 0.05) is 24.6 Å². The first-order valence-corrected chi connectivity index (χ1v) is 6.86. The Morgan fingerprint density at radius 2 is 2.25 bits per heavy atom. The second-order valence-electron chi connectivity index (χ2n) is 4.59. The predicted octanol–water partition coefficient (Wildman–Crippen LogP) is 2.33. The fraction of sp³-hybridized carbons (Fsp3) is 0.533.